The van der Waals surface area contributed by atoms with Crippen molar-refractivity contribution in [3.05, 3.63) is 47.8 Å². The summed E-state index contributed by atoms with van der Waals surface area (Å²) in [7, 11) is 1.89. The van der Waals surface area contributed by atoms with Gasteiger partial charge in [0.1, 0.15) is 5.82 Å². The van der Waals surface area contributed by atoms with Crippen molar-refractivity contribution in [1.29, 1.82) is 0 Å². The van der Waals surface area contributed by atoms with Crippen LogP contribution in [0.3, 0.4) is 0 Å². The van der Waals surface area contributed by atoms with Crippen molar-refractivity contribution in [2.24, 2.45) is 0 Å². The highest BCUT2D eigenvalue weighted by atomic mass is 19.1. The normalized spacial score (nSPS) is 18.3. The van der Waals surface area contributed by atoms with E-state index >= 15 is 0 Å². The third kappa shape index (κ3) is 6.42. The number of anilines is 1. The molecule has 1 aliphatic heterocycles. The zero-order valence-electron chi connectivity index (χ0n) is 19.8. The van der Waals surface area contributed by atoms with Crippen molar-refractivity contribution in [1.82, 2.24) is 20.4 Å². The van der Waals surface area contributed by atoms with Crippen LogP contribution in [0.15, 0.2) is 36.4 Å². The lowest BCUT2D eigenvalue weighted by atomic mass is 9.79. The minimum absolute atomic E-state index is 0.0221. The van der Waals surface area contributed by atoms with Crippen LogP contribution in [0.4, 0.5) is 10.2 Å². The molecule has 1 saturated heterocycles. The van der Waals surface area contributed by atoms with Crippen molar-refractivity contribution in [3.63, 3.8) is 0 Å². The summed E-state index contributed by atoms with van der Waals surface area (Å²) >= 11 is 0. The Balaban J connectivity index is 1.25. The number of amides is 1. The van der Waals surface area contributed by atoms with E-state index in [1.165, 1.54) is 31.4 Å². The van der Waals surface area contributed by atoms with Gasteiger partial charge in [-0.3, -0.25) is 9.69 Å². The number of rotatable bonds is 9. The molecule has 0 spiro atoms. The first-order valence-electron chi connectivity index (χ1n) is 12.1. The summed E-state index contributed by atoms with van der Waals surface area (Å²) in [6.07, 6.45) is 5.86. The second-order valence-electron chi connectivity index (χ2n) is 9.16. The van der Waals surface area contributed by atoms with Crippen LogP contribution in [0.1, 0.15) is 37.7 Å². The van der Waals surface area contributed by atoms with E-state index in [2.05, 4.69) is 20.4 Å². The van der Waals surface area contributed by atoms with Crippen molar-refractivity contribution in [2.45, 2.75) is 44.2 Å². The fourth-order valence-electron chi connectivity index (χ4n) is 4.84. The Bertz CT molecular complexity index is 913. The second kappa shape index (κ2) is 11.6. The zero-order chi connectivity index (χ0) is 23.8. The molecule has 4 rings (SSSR count). The summed E-state index contributed by atoms with van der Waals surface area (Å²) in [5, 5.41) is 11.4. The summed E-state index contributed by atoms with van der Waals surface area (Å²) in [5.41, 5.74) is 0.990. The van der Waals surface area contributed by atoms with Gasteiger partial charge in [0.2, 0.25) is 5.88 Å². The van der Waals surface area contributed by atoms with Crippen LogP contribution in [-0.2, 0) is 16.1 Å². The molecule has 184 valence electrons. The Morgan fingerprint density at radius 1 is 1.12 bits per heavy atom. The SMILES string of the molecule is CN(Cc1ccc(F)cc1)c1ccc(OCC(=O)NCC2(N3CCOCC3)CCCCC2)nn1. The van der Waals surface area contributed by atoms with Crippen LogP contribution in [0.2, 0.25) is 0 Å². The lowest BCUT2D eigenvalue weighted by molar-refractivity contribution is -0.124. The van der Waals surface area contributed by atoms with E-state index in [1.807, 2.05) is 11.9 Å². The molecule has 1 saturated carbocycles. The lowest BCUT2D eigenvalue weighted by Crippen LogP contribution is -2.60. The number of carbonyl (C=O) groups excluding carboxylic acids is 1. The minimum Gasteiger partial charge on any atom is -0.466 e. The summed E-state index contributed by atoms with van der Waals surface area (Å²) in [6, 6.07) is 9.85. The summed E-state index contributed by atoms with van der Waals surface area (Å²) < 4.78 is 24.2. The van der Waals surface area contributed by atoms with Crippen LogP contribution in [-0.4, -0.2) is 73.0 Å². The summed E-state index contributed by atoms with van der Waals surface area (Å²) in [5.74, 6) is 0.546. The number of carbonyl (C=O) groups is 1. The number of nitrogens with zero attached hydrogens (tertiary/aromatic N) is 4. The number of halogens is 1. The van der Waals surface area contributed by atoms with Crippen LogP contribution >= 0.6 is 0 Å². The van der Waals surface area contributed by atoms with Crippen molar-refractivity contribution in [3.8, 4) is 5.88 Å². The van der Waals surface area contributed by atoms with E-state index in [1.54, 1.807) is 24.3 Å². The minimum atomic E-state index is -0.258. The smallest absolute Gasteiger partial charge is 0.258 e. The first-order chi connectivity index (χ1) is 16.5. The molecule has 34 heavy (non-hydrogen) atoms. The Labute approximate surface area is 200 Å². The Morgan fingerprint density at radius 2 is 1.85 bits per heavy atom. The van der Waals surface area contributed by atoms with E-state index in [0.29, 0.717) is 24.8 Å². The number of hydrogen-bond donors (Lipinski definition) is 1. The molecule has 9 heteroatoms. The highest BCUT2D eigenvalue weighted by Crippen LogP contribution is 2.33. The average Bonchev–Trinajstić information content (AvgIpc) is 2.89. The Kier molecular flexibility index (Phi) is 8.29. The highest BCUT2D eigenvalue weighted by molar-refractivity contribution is 5.77. The molecule has 1 aromatic carbocycles. The standard InChI is InChI=1S/C25H34FN5O3/c1-30(17-20-5-7-21(26)8-6-20)22-9-10-24(29-28-22)34-18-23(32)27-19-25(11-3-2-4-12-25)31-13-15-33-16-14-31/h5-10H,2-4,11-19H2,1H3,(H,27,32). The monoisotopic (exact) mass is 471 g/mol. The predicted molar refractivity (Wildman–Crippen MR) is 127 cm³/mol. The molecule has 2 heterocycles. The topological polar surface area (TPSA) is 79.8 Å². The van der Waals surface area contributed by atoms with Gasteiger partial charge in [0.25, 0.3) is 5.91 Å². The molecule has 2 aromatic rings. The Morgan fingerprint density at radius 3 is 2.53 bits per heavy atom. The average molecular weight is 472 g/mol. The van der Waals surface area contributed by atoms with Gasteiger partial charge in [-0.1, -0.05) is 31.4 Å². The molecule has 0 atom stereocenters. The Hall–Kier alpha value is -2.78. The number of ether oxygens (including phenoxy) is 2. The molecule has 8 nitrogen and oxygen atoms in total. The van der Waals surface area contributed by atoms with Crippen LogP contribution < -0.4 is 15.0 Å². The number of aromatic nitrogens is 2. The second-order valence-corrected chi connectivity index (χ2v) is 9.16. The fourth-order valence-corrected chi connectivity index (χ4v) is 4.84. The highest BCUT2D eigenvalue weighted by Gasteiger charge is 2.38. The summed E-state index contributed by atoms with van der Waals surface area (Å²) in [6.45, 7) is 4.46. The molecule has 2 aliphatic rings. The molecule has 1 aliphatic carbocycles. The largest absolute Gasteiger partial charge is 0.466 e. The van der Waals surface area contributed by atoms with Crippen molar-refractivity contribution in [2.75, 3.05) is 51.4 Å². The van der Waals surface area contributed by atoms with Crippen LogP contribution in [0, 0.1) is 5.82 Å². The maximum Gasteiger partial charge on any atom is 0.258 e. The van der Waals surface area contributed by atoms with E-state index in [9.17, 15) is 9.18 Å². The summed E-state index contributed by atoms with van der Waals surface area (Å²) in [4.78, 5) is 16.9. The number of benzene rings is 1. The first-order valence-corrected chi connectivity index (χ1v) is 12.1. The predicted octanol–water partition coefficient (Wildman–Crippen LogP) is 2.78. The van der Waals surface area contributed by atoms with Gasteiger partial charge < -0.3 is 19.7 Å². The van der Waals surface area contributed by atoms with Gasteiger partial charge in [-0.25, -0.2) is 4.39 Å². The van der Waals surface area contributed by atoms with Gasteiger partial charge in [-0.05, 0) is 36.6 Å². The maximum atomic E-state index is 13.1. The molecule has 1 amide bonds. The lowest BCUT2D eigenvalue weighted by Gasteiger charge is -2.48. The number of nitrogens with one attached hydrogen (secondary N) is 1. The molecule has 1 aromatic heterocycles. The van der Waals surface area contributed by atoms with Crippen molar-refractivity contribution >= 4 is 11.7 Å². The molecule has 2 fully saturated rings. The molecular weight excluding hydrogens is 437 g/mol. The van der Waals surface area contributed by atoms with Crippen LogP contribution in [0.25, 0.3) is 0 Å². The zero-order valence-corrected chi connectivity index (χ0v) is 19.8. The van der Waals surface area contributed by atoms with Gasteiger partial charge in [0.05, 0.1) is 13.2 Å². The molecule has 0 radical (unpaired) electrons. The van der Waals surface area contributed by atoms with Gasteiger partial charge in [-0.2, -0.15) is 0 Å². The molecular formula is C25H34FN5O3. The van der Waals surface area contributed by atoms with Crippen molar-refractivity contribution < 1.29 is 18.7 Å². The first kappa shape index (κ1) is 24.3. The number of morpholine rings is 1. The third-order valence-electron chi connectivity index (χ3n) is 6.78. The quantitative estimate of drug-likeness (QED) is 0.602. The van der Waals surface area contributed by atoms with E-state index < -0.39 is 0 Å². The molecule has 0 unspecified atom stereocenters. The van der Waals surface area contributed by atoms with E-state index in [-0.39, 0.29) is 23.9 Å². The fraction of sp³-hybridized carbons (Fsp3) is 0.560. The van der Waals surface area contributed by atoms with Gasteiger partial charge in [0.15, 0.2) is 12.4 Å². The van der Waals surface area contributed by atoms with Gasteiger partial charge >= 0.3 is 0 Å². The molecule has 1 N–H and O–H groups in total. The number of hydrogen-bond acceptors (Lipinski definition) is 7. The van der Waals surface area contributed by atoms with Gasteiger partial charge in [0, 0.05) is 44.8 Å². The molecule has 0 bridgehead atoms. The van der Waals surface area contributed by atoms with Crippen LogP contribution in [0.5, 0.6) is 5.88 Å². The third-order valence-corrected chi connectivity index (χ3v) is 6.78. The van der Waals surface area contributed by atoms with E-state index in [4.69, 9.17) is 9.47 Å². The van der Waals surface area contributed by atoms with Gasteiger partial charge in [-0.15, -0.1) is 10.2 Å². The maximum absolute atomic E-state index is 13.1. The van der Waals surface area contributed by atoms with E-state index in [0.717, 1.165) is 44.7 Å².